The fourth-order valence-electron chi connectivity index (χ4n) is 1.66. The van der Waals surface area contributed by atoms with Crippen molar-refractivity contribution in [3.63, 3.8) is 0 Å². The summed E-state index contributed by atoms with van der Waals surface area (Å²) in [5.41, 5.74) is 0.316. The van der Waals surface area contributed by atoms with Gasteiger partial charge in [-0.2, -0.15) is 0 Å². The van der Waals surface area contributed by atoms with Crippen molar-refractivity contribution in [1.29, 1.82) is 0 Å². The van der Waals surface area contributed by atoms with Gasteiger partial charge in [0.25, 0.3) is 0 Å². The SMILES string of the molecule is CC(=O)Oc1ccc(OC(=O)c2ccc(C(=O)O)cc2)cc1. The summed E-state index contributed by atoms with van der Waals surface area (Å²) in [5.74, 6) is -1.50. The van der Waals surface area contributed by atoms with E-state index in [0.717, 1.165) is 0 Å². The summed E-state index contributed by atoms with van der Waals surface area (Å²) in [4.78, 5) is 33.4. The predicted molar refractivity (Wildman–Crippen MR) is 76.1 cm³/mol. The lowest BCUT2D eigenvalue weighted by Gasteiger charge is -2.06. The number of ether oxygens (including phenoxy) is 2. The van der Waals surface area contributed by atoms with Crippen molar-refractivity contribution in [2.75, 3.05) is 0 Å². The van der Waals surface area contributed by atoms with Gasteiger partial charge < -0.3 is 14.6 Å². The average molecular weight is 300 g/mol. The molecule has 0 atom stereocenters. The van der Waals surface area contributed by atoms with E-state index in [1.807, 2.05) is 0 Å². The fourth-order valence-corrected chi connectivity index (χ4v) is 1.66. The molecule has 22 heavy (non-hydrogen) atoms. The molecule has 0 heterocycles. The summed E-state index contributed by atoms with van der Waals surface area (Å²) in [6.45, 7) is 1.29. The molecule has 0 spiro atoms. The van der Waals surface area contributed by atoms with Crippen LogP contribution in [0.3, 0.4) is 0 Å². The maximum atomic E-state index is 11.9. The Morgan fingerprint density at radius 1 is 0.773 bits per heavy atom. The number of carbonyl (C=O) groups excluding carboxylic acids is 2. The zero-order valence-electron chi connectivity index (χ0n) is 11.6. The maximum Gasteiger partial charge on any atom is 0.343 e. The third kappa shape index (κ3) is 3.92. The second-order valence-electron chi connectivity index (χ2n) is 4.34. The molecular formula is C16H12O6. The third-order valence-corrected chi connectivity index (χ3v) is 2.66. The number of aromatic carboxylic acids is 1. The van der Waals surface area contributed by atoms with Gasteiger partial charge in [-0.15, -0.1) is 0 Å². The molecule has 0 saturated heterocycles. The highest BCUT2D eigenvalue weighted by molar-refractivity contribution is 5.93. The Morgan fingerprint density at radius 3 is 1.68 bits per heavy atom. The van der Waals surface area contributed by atoms with Crippen LogP contribution in [-0.2, 0) is 4.79 Å². The molecule has 0 unspecified atom stereocenters. The third-order valence-electron chi connectivity index (χ3n) is 2.66. The molecule has 0 saturated carbocycles. The van der Waals surface area contributed by atoms with Crippen molar-refractivity contribution in [2.45, 2.75) is 6.92 Å². The lowest BCUT2D eigenvalue weighted by Crippen LogP contribution is -2.09. The van der Waals surface area contributed by atoms with Gasteiger partial charge in [-0.1, -0.05) is 0 Å². The van der Waals surface area contributed by atoms with Crippen LogP contribution >= 0.6 is 0 Å². The quantitative estimate of drug-likeness (QED) is 0.689. The second-order valence-corrected chi connectivity index (χ2v) is 4.34. The van der Waals surface area contributed by atoms with Crippen molar-refractivity contribution in [2.24, 2.45) is 0 Å². The Kier molecular flexibility index (Phi) is 4.53. The predicted octanol–water partition coefficient (Wildman–Crippen LogP) is 2.53. The largest absolute Gasteiger partial charge is 0.478 e. The van der Waals surface area contributed by atoms with Gasteiger partial charge in [-0.25, -0.2) is 9.59 Å². The number of esters is 2. The van der Waals surface area contributed by atoms with Gasteiger partial charge in [-0.3, -0.25) is 4.79 Å². The first kappa shape index (κ1) is 15.2. The minimum Gasteiger partial charge on any atom is -0.478 e. The standard InChI is InChI=1S/C16H12O6/c1-10(17)21-13-6-8-14(9-7-13)22-16(20)12-4-2-11(3-5-12)15(18)19/h2-9H,1H3,(H,18,19). The van der Waals surface area contributed by atoms with Crippen LogP contribution in [0.5, 0.6) is 11.5 Å². The molecule has 2 aromatic carbocycles. The van der Waals surface area contributed by atoms with Crippen molar-refractivity contribution in [3.8, 4) is 11.5 Å². The normalized spacial score (nSPS) is 9.86. The van der Waals surface area contributed by atoms with E-state index in [4.69, 9.17) is 14.6 Å². The molecule has 0 aliphatic rings. The van der Waals surface area contributed by atoms with E-state index < -0.39 is 17.9 Å². The van der Waals surface area contributed by atoms with Crippen molar-refractivity contribution >= 4 is 17.9 Å². The number of carbonyl (C=O) groups is 3. The molecule has 1 N–H and O–H groups in total. The Bertz CT molecular complexity index is 700. The number of benzene rings is 2. The van der Waals surface area contributed by atoms with Gasteiger partial charge in [-0.05, 0) is 48.5 Å². The van der Waals surface area contributed by atoms with E-state index in [2.05, 4.69) is 0 Å². The Morgan fingerprint density at radius 2 is 1.23 bits per heavy atom. The van der Waals surface area contributed by atoms with Crippen LogP contribution in [0.15, 0.2) is 48.5 Å². The molecule has 0 aliphatic heterocycles. The lowest BCUT2D eigenvalue weighted by atomic mass is 10.1. The van der Waals surface area contributed by atoms with Gasteiger partial charge in [0.05, 0.1) is 11.1 Å². The van der Waals surface area contributed by atoms with Crippen molar-refractivity contribution in [3.05, 3.63) is 59.7 Å². The van der Waals surface area contributed by atoms with E-state index in [9.17, 15) is 14.4 Å². The summed E-state index contributed by atoms with van der Waals surface area (Å²) < 4.78 is 9.99. The van der Waals surface area contributed by atoms with Crippen LogP contribution in [0, 0.1) is 0 Å². The van der Waals surface area contributed by atoms with E-state index in [1.165, 1.54) is 55.5 Å². The number of hydrogen-bond donors (Lipinski definition) is 1. The maximum absolute atomic E-state index is 11.9. The molecule has 0 amide bonds. The van der Waals surface area contributed by atoms with Gasteiger partial charge in [0.2, 0.25) is 0 Å². The van der Waals surface area contributed by atoms with Crippen LogP contribution < -0.4 is 9.47 Å². The number of hydrogen-bond acceptors (Lipinski definition) is 5. The first-order valence-corrected chi connectivity index (χ1v) is 6.30. The summed E-state index contributed by atoms with van der Waals surface area (Å²) >= 11 is 0. The fraction of sp³-hybridized carbons (Fsp3) is 0.0625. The van der Waals surface area contributed by atoms with Crippen LogP contribution in [0.25, 0.3) is 0 Å². The number of carboxylic acid groups (broad SMARTS) is 1. The summed E-state index contributed by atoms with van der Waals surface area (Å²) in [5, 5.41) is 8.79. The van der Waals surface area contributed by atoms with Gasteiger partial charge in [0.15, 0.2) is 0 Å². The van der Waals surface area contributed by atoms with Gasteiger partial charge in [0, 0.05) is 6.92 Å². The van der Waals surface area contributed by atoms with Crippen LogP contribution in [0.1, 0.15) is 27.6 Å². The molecule has 0 radical (unpaired) electrons. The van der Waals surface area contributed by atoms with E-state index in [-0.39, 0.29) is 16.9 Å². The highest BCUT2D eigenvalue weighted by Crippen LogP contribution is 2.19. The van der Waals surface area contributed by atoms with Gasteiger partial charge in [0.1, 0.15) is 11.5 Å². The average Bonchev–Trinajstić information content (AvgIpc) is 2.49. The van der Waals surface area contributed by atoms with E-state index in [1.54, 1.807) is 0 Å². The molecule has 6 heteroatoms. The summed E-state index contributed by atoms with van der Waals surface area (Å²) in [6, 6.07) is 11.4. The minimum absolute atomic E-state index is 0.0854. The lowest BCUT2D eigenvalue weighted by molar-refractivity contribution is -0.131. The van der Waals surface area contributed by atoms with Crippen molar-refractivity contribution in [1.82, 2.24) is 0 Å². The molecule has 0 bridgehead atoms. The highest BCUT2D eigenvalue weighted by atomic mass is 16.5. The second kappa shape index (κ2) is 6.53. The van der Waals surface area contributed by atoms with Crippen molar-refractivity contribution < 1.29 is 29.0 Å². The smallest absolute Gasteiger partial charge is 0.343 e. The summed E-state index contributed by atoms with van der Waals surface area (Å²) in [7, 11) is 0. The molecule has 0 aliphatic carbocycles. The summed E-state index contributed by atoms with van der Waals surface area (Å²) in [6.07, 6.45) is 0. The molecule has 112 valence electrons. The number of carboxylic acids is 1. The zero-order chi connectivity index (χ0) is 16.1. The monoisotopic (exact) mass is 300 g/mol. The van der Waals surface area contributed by atoms with Gasteiger partial charge >= 0.3 is 17.9 Å². The van der Waals surface area contributed by atoms with Crippen LogP contribution in [-0.4, -0.2) is 23.0 Å². The molecule has 0 fully saturated rings. The molecule has 2 aromatic rings. The molecule has 0 aromatic heterocycles. The Labute approximate surface area is 125 Å². The van der Waals surface area contributed by atoms with E-state index >= 15 is 0 Å². The number of rotatable bonds is 4. The zero-order valence-corrected chi connectivity index (χ0v) is 11.6. The first-order valence-electron chi connectivity index (χ1n) is 6.30. The van der Waals surface area contributed by atoms with Crippen LogP contribution in [0.2, 0.25) is 0 Å². The highest BCUT2D eigenvalue weighted by Gasteiger charge is 2.10. The topological polar surface area (TPSA) is 89.9 Å². The minimum atomic E-state index is -1.07. The molecular weight excluding hydrogens is 288 g/mol. The Balaban J connectivity index is 2.05. The molecule has 2 rings (SSSR count). The first-order chi connectivity index (χ1) is 10.5. The van der Waals surface area contributed by atoms with E-state index in [0.29, 0.717) is 5.75 Å². The Hall–Kier alpha value is -3.15. The molecule has 6 nitrogen and oxygen atoms in total. The van der Waals surface area contributed by atoms with Crippen LogP contribution in [0.4, 0.5) is 0 Å².